The average molecular weight is 427 g/mol. The van der Waals surface area contributed by atoms with E-state index >= 15 is 0 Å². The van der Waals surface area contributed by atoms with Crippen LogP contribution in [0.4, 0.5) is 4.79 Å². The molecule has 8 heteroatoms. The predicted molar refractivity (Wildman–Crippen MR) is 108 cm³/mol. The number of urea groups is 1. The number of carbonyl (C=O) groups excluding carboxylic acids is 2. The number of amides is 2. The van der Waals surface area contributed by atoms with Crippen molar-refractivity contribution >= 4 is 35.2 Å². The summed E-state index contributed by atoms with van der Waals surface area (Å²) < 4.78 is 11.2. The van der Waals surface area contributed by atoms with Gasteiger partial charge in [0.25, 0.3) is 0 Å². The summed E-state index contributed by atoms with van der Waals surface area (Å²) in [4.78, 5) is 25.2. The maximum absolute atomic E-state index is 13.1. The Kier molecular flexibility index (Phi) is 6.40. The summed E-state index contributed by atoms with van der Waals surface area (Å²) in [5.41, 5.74) is 1.24. The summed E-state index contributed by atoms with van der Waals surface area (Å²) in [6, 6.07) is 1.97. The van der Waals surface area contributed by atoms with Crippen molar-refractivity contribution in [3.63, 3.8) is 0 Å². The zero-order chi connectivity index (χ0) is 20.4. The van der Waals surface area contributed by atoms with Crippen LogP contribution in [0.15, 0.2) is 23.4 Å². The van der Waals surface area contributed by atoms with Crippen LogP contribution in [0.3, 0.4) is 0 Å². The summed E-state index contributed by atoms with van der Waals surface area (Å²) >= 11 is 12.4. The van der Waals surface area contributed by atoms with Crippen molar-refractivity contribution in [2.45, 2.75) is 51.7 Å². The lowest BCUT2D eigenvalue weighted by Gasteiger charge is -2.32. The number of nitrogens with one attached hydrogen (secondary N) is 2. The summed E-state index contributed by atoms with van der Waals surface area (Å²) in [7, 11) is 1.47. The third kappa shape index (κ3) is 4.39. The Labute approximate surface area is 174 Å². The van der Waals surface area contributed by atoms with Crippen LogP contribution in [-0.4, -0.2) is 25.2 Å². The second-order valence-corrected chi connectivity index (χ2v) is 8.22. The van der Waals surface area contributed by atoms with E-state index < -0.39 is 18.0 Å². The van der Waals surface area contributed by atoms with E-state index in [4.69, 9.17) is 32.7 Å². The number of esters is 1. The third-order valence-corrected chi connectivity index (χ3v) is 5.70. The molecule has 1 aliphatic carbocycles. The molecule has 3 atom stereocenters. The predicted octanol–water partition coefficient (Wildman–Crippen LogP) is 4.75. The van der Waals surface area contributed by atoms with Crippen LogP contribution < -0.4 is 15.4 Å². The molecule has 0 saturated heterocycles. The van der Waals surface area contributed by atoms with Gasteiger partial charge in [0.2, 0.25) is 0 Å². The van der Waals surface area contributed by atoms with E-state index in [9.17, 15) is 9.59 Å². The van der Waals surface area contributed by atoms with Crippen molar-refractivity contribution in [3.05, 3.63) is 39.0 Å². The number of hydrogen-bond acceptors (Lipinski definition) is 4. The fraction of sp³-hybridized carbons (Fsp3) is 0.500. The minimum Gasteiger partial charge on any atom is -0.495 e. The van der Waals surface area contributed by atoms with E-state index in [2.05, 4.69) is 17.6 Å². The first-order chi connectivity index (χ1) is 13.3. The molecule has 1 aromatic carbocycles. The SMILES string of the molecule is COc1c(Cl)cc(Cl)cc1[C@@H]1NC(=O)NC(C)=C1C(=O)O[C@@H]1CCC[C@H](C)C1. The number of methoxy groups -OCH3 is 1. The van der Waals surface area contributed by atoms with Crippen molar-refractivity contribution in [2.75, 3.05) is 7.11 Å². The molecule has 28 heavy (non-hydrogen) atoms. The normalized spacial score (nSPS) is 25.0. The molecule has 2 amide bonds. The van der Waals surface area contributed by atoms with Gasteiger partial charge in [-0.2, -0.15) is 0 Å². The molecule has 0 aromatic heterocycles. The smallest absolute Gasteiger partial charge is 0.338 e. The molecule has 1 aliphatic heterocycles. The van der Waals surface area contributed by atoms with Gasteiger partial charge in [-0.05, 0) is 44.2 Å². The van der Waals surface area contributed by atoms with Gasteiger partial charge in [-0.15, -0.1) is 0 Å². The number of ether oxygens (including phenoxy) is 2. The van der Waals surface area contributed by atoms with Crippen LogP contribution in [0.5, 0.6) is 5.75 Å². The molecule has 152 valence electrons. The van der Waals surface area contributed by atoms with E-state index in [-0.39, 0.29) is 6.10 Å². The van der Waals surface area contributed by atoms with Gasteiger partial charge < -0.3 is 20.1 Å². The molecule has 1 saturated carbocycles. The monoisotopic (exact) mass is 426 g/mol. The molecular weight excluding hydrogens is 403 g/mol. The lowest BCUT2D eigenvalue weighted by atomic mass is 9.88. The molecule has 0 radical (unpaired) electrons. The van der Waals surface area contributed by atoms with Crippen molar-refractivity contribution in [3.8, 4) is 5.75 Å². The van der Waals surface area contributed by atoms with E-state index in [1.54, 1.807) is 19.1 Å². The van der Waals surface area contributed by atoms with Crippen LogP contribution in [-0.2, 0) is 9.53 Å². The van der Waals surface area contributed by atoms with Crippen molar-refractivity contribution < 1.29 is 19.1 Å². The summed E-state index contributed by atoms with van der Waals surface area (Å²) in [5, 5.41) is 6.08. The lowest BCUT2D eigenvalue weighted by molar-refractivity contribution is -0.146. The van der Waals surface area contributed by atoms with Crippen LogP contribution in [0, 0.1) is 5.92 Å². The third-order valence-electron chi connectivity index (χ3n) is 5.20. The lowest BCUT2D eigenvalue weighted by Crippen LogP contribution is -2.45. The Morgan fingerprint density at radius 3 is 2.68 bits per heavy atom. The van der Waals surface area contributed by atoms with Crippen LogP contribution in [0.25, 0.3) is 0 Å². The van der Waals surface area contributed by atoms with E-state index in [1.807, 2.05) is 0 Å². The van der Waals surface area contributed by atoms with Gasteiger partial charge in [-0.1, -0.05) is 36.5 Å². The van der Waals surface area contributed by atoms with E-state index in [1.165, 1.54) is 7.11 Å². The highest BCUT2D eigenvalue weighted by Gasteiger charge is 2.36. The maximum Gasteiger partial charge on any atom is 0.338 e. The van der Waals surface area contributed by atoms with Crippen LogP contribution in [0.1, 0.15) is 51.1 Å². The van der Waals surface area contributed by atoms with Crippen LogP contribution >= 0.6 is 23.2 Å². The molecule has 6 nitrogen and oxygen atoms in total. The first-order valence-corrected chi connectivity index (χ1v) is 10.1. The number of halogens is 2. The molecule has 0 spiro atoms. The van der Waals surface area contributed by atoms with Crippen molar-refractivity contribution in [1.29, 1.82) is 0 Å². The van der Waals surface area contributed by atoms with Gasteiger partial charge in [0.05, 0.1) is 23.7 Å². The largest absolute Gasteiger partial charge is 0.495 e. The quantitative estimate of drug-likeness (QED) is 0.680. The zero-order valence-electron chi connectivity index (χ0n) is 16.1. The molecule has 2 N–H and O–H groups in total. The van der Waals surface area contributed by atoms with Gasteiger partial charge >= 0.3 is 12.0 Å². The molecular formula is C20H24Cl2N2O4. The minimum atomic E-state index is -0.784. The van der Waals surface area contributed by atoms with E-state index in [0.29, 0.717) is 38.5 Å². The fourth-order valence-corrected chi connectivity index (χ4v) is 4.49. The standard InChI is InChI=1S/C20H24Cl2N2O4/c1-10-5-4-6-13(7-10)28-19(25)16-11(2)23-20(26)24-17(16)14-8-12(21)9-15(22)18(14)27-3/h8-10,13,17H,4-7H2,1-3H3,(H2,23,24,26)/t10-,13+,17-/m0/s1. The second-order valence-electron chi connectivity index (χ2n) is 7.38. The number of carbonyl (C=O) groups is 2. The second kappa shape index (κ2) is 8.62. The number of rotatable bonds is 4. The topological polar surface area (TPSA) is 76.7 Å². The molecule has 2 aliphatic rings. The first kappa shape index (κ1) is 20.8. The average Bonchev–Trinajstić information content (AvgIpc) is 2.60. The van der Waals surface area contributed by atoms with E-state index in [0.717, 1.165) is 25.7 Å². The van der Waals surface area contributed by atoms with Gasteiger partial charge in [-0.3, -0.25) is 0 Å². The molecule has 1 aromatic rings. The molecule has 1 heterocycles. The Morgan fingerprint density at radius 2 is 2.00 bits per heavy atom. The number of benzene rings is 1. The summed E-state index contributed by atoms with van der Waals surface area (Å²) in [5.74, 6) is 0.406. The Bertz CT molecular complexity index is 825. The summed E-state index contributed by atoms with van der Waals surface area (Å²) in [6.07, 6.45) is 3.75. The fourth-order valence-electron chi connectivity index (χ4n) is 3.91. The number of allylic oxidation sites excluding steroid dienone is 1. The Morgan fingerprint density at radius 1 is 1.25 bits per heavy atom. The highest BCUT2D eigenvalue weighted by molar-refractivity contribution is 6.35. The minimum absolute atomic E-state index is 0.125. The molecule has 1 fully saturated rings. The van der Waals surface area contributed by atoms with Gasteiger partial charge in [0, 0.05) is 16.3 Å². The first-order valence-electron chi connectivity index (χ1n) is 9.32. The van der Waals surface area contributed by atoms with Gasteiger partial charge in [0.15, 0.2) is 0 Å². The Balaban J connectivity index is 1.96. The molecule has 0 unspecified atom stereocenters. The summed E-state index contributed by atoms with van der Waals surface area (Å²) in [6.45, 7) is 3.83. The number of hydrogen-bond donors (Lipinski definition) is 2. The zero-order valence-corrected chi connectivity index (χ0v) is 17.6. The highest BCUT2D eigenvalue weighted by atomic mass is 35.5. The van der Waals surface area contributed by atoms with Gasteiger partial charge in [-0.25, -0.2) is 9.59 Å². The van der Waals surface area contributed by atoms with Crippen molar-refractivity contribution in [1.82, 2.24) is 10.6 Å². The maximum atomic E-state index is 13.1. The van der Waals surface area contributed by atoms with Gasteiger partial charge in [0.1, 0.15) is 11.9 Å². The highest BCUT2D eigenvalue weighted by Crippen LogP contribution is 2.40. The van der Waals surface area contributed by atoms with Crippen LogP contribution in [0.2, 0.25) is 10.0 Å². The van der Waals surface area contributed by atoms with Crippen molar-refractivity contribution in [2.24, 2.45) is 5.92 Å². The molecule has 3 rings (SSSR count). The molecule has 0 bridgehead atoms. The Hall–Kier alpha value is -1.92.